The Kier molecular flexibility index (Phi) is 5.04. The number of aliphatic hydroxyl groups excluding tert-OH is 2. The van der Waals surface area contributed by atoms with Crippen LogP contribution in [0.25, 0.3) is 0 Å². The van der Waals surface area contributed by atoms with E-state index in [1.807, 2.05) is 0 Å². The van der Waals surface area contributed by atoms with Gasteiger partial charge in [-0.25, -0.2) is 4.39 Å². The number of hydrogen-bond acceptors (Lipinski definition) is 4. The van der Waals surface area contributed by atoms with E-state index in [4.69, 9.17) is 0 Å². The summed E-state index contributed by atoms with van der Waals surface area (Å²) < 4.78 is 17.8. The Balaban J connectivity index is 2.77. The average molecular weight is 307 g/mol. The summed E-state index contributed by atoms with van der Waals surface area (Å²) in [5.74, 6) is -1.19. The lowest BCUT2D eigenvalue weighted by atomic mass is 10.0. The first-order chi connectivity index (χ1) is 7.95. The molecule has 4 nitrogen and oxygen atoms in total. The van der Waals surface area contributed by atoms with Gasteiger partial charge in [0, 0.05) is 0 Å². The molecule has 94 valence electrons. The summed E-state index contributed by atoms with van der Waals surface area (Å²) in [6.07, 6.45) is -3.02. The fourth-order valence-corrected chi connectivity index (χ4v) is 1.53. The van der Waals surface area contributed by atoms with Crippen LogP contribution >= 0.6 is 15.9 Å². The number of hydrogen-bond donors (Lipinski definition) is 2. The molecule has 0 bridgehead atoms. The van der Waals surface area contributed by atoms with Gasteiger partial charge in [0.1, 0.15) is 11.9 Å². The molecule has 0 saturated carbocycles. The van der Waals surface area contributed by atoms with Crippen LogP contribution in [-0.4, -0.2) is 29.4 Å². The van der Waals surface area contributed by atoms with Crippen molar-refractivity contribution in [3.05, 3.63) is 34.1 Å². The molecule has 0 aliphatic rings. The van der Waals surface area contributed by atoms with Gasteiger partial charge in [0.25, 0.3) is 0 Å². The summed E-state index contributed by atoms with van der Waals surface area (Å²) in [6, 6.07) is 3.96. The molecule has 2 atom stereocenters. The van der Waals surface area contributed by atoms with Gasteiger partial charge in [0.2, 0.25) is 0 Å². The molecule has 2 unspecified atom stereocenters. The second-order valence-electron chi connectivity index (χ2n) is 3.47. The Morgan fingerprint density at radius 3 is 2.71 bits per heavy atom. The summed E-state index contributed by atoms with van der Waals surface area (Å²) in [7, 11) is 1.18. The minimum Gasteiger partial charge on any atom is -0.469 e. The number of carbonyl (C=O) groups excluding carboxylic acids is 1. The van der Waals surface area contributed by atoms with Crippen LogP contribution in [0.2, 0.25) is 0 Å². The van der Waals surface area contributed by atoms with Crippen molar-refractivity contribution in [2.24, 2.45) is 0 Å². The fourth-order valence-electron chi connectivity index (χ4n) is 1.28. The van der Waals surface area contributed by atoms with Crippen molar-refractivity contribution in [2.75, 3.05) is 7.11 Å². The van der Waals surface area contributed by atoms with Gasteiger partial charge in [-0.1, -0.05) is 6.07 Å². The highest BCUT2D eigenvalue weighted by Gasteiger charge is 2.22. The van der Waals surface area contributed by atoms with Crippen LogP contribution in [0.3, 0.4) is 0 Å². The molecule has 1 aromatic rings. The number of rotatable bonds is 4. The molecule has 2 N–H and O–H groups in total. The number of ether oxygens (including phenoxy) is 1. The highest BCUT2D eigenvalue weighted by atomic mass is 79.9. The second-order valence-corrected chi connectivity index (χ2v) is 4.32. The maximum absolute atomic E-state index is 13.2. The Labute approximate surface area is 106 Å². The van der Waals surface area contributed by atoms with Gasteiger partial charge in [0.15, 0.2) is 0 Å². The van der Waals surface area contributed by atoms with Crippen LogP contribution in [-0.2, 0) is 9.53 Å². The molecule has 0 amide bonds. The Morgan fingerprint density at radius 1 is 1.53 bits per heavy atom. The fraction of sp³-hybridized carbons (Fsp3) is 0.364. The molecule has 0 aromatic heterocycles. The zero-order valence-corrected chi connectivity index (χ0v) is 10.6. The Hall–Kier alpha value is -0.980. The van der Waals surface area contributed by atoms with E-state index in [1.165, 1.54) is 19.2 Å². The van der Waals surface area contributed by atoms with E-state index in [0.717, 1.165) is 6.07 Å². The summed E-state index contributed by atoms with van der Waals surface area (Å²) in [6.45, 7) is 0. The first kappa shape index (κ1) is 14.1. The van der Waals surface area contributed by atoms with Gasteiger partial charge >= 0.3 is 5.97 Å². The van der Waals surface area contributed by atoms with E-state index in [0.29, 0.717) is 0 Å². The number of benzene rings is 1. The van der Waals surface area contributed by atoms with E-state index in [-0.39, 0.29) is 16.5 Å². The highest BCUT2D eigenvalue weighted by Crippen LogP contribution is 2.23. The van der Waals surface area contributed by atoms with Gasteiger partial charge in [-0.3, -0.25) is 4.79 Å². The maximum atomic E-state index is 13.2. The SMILES string of the molecule is COC(=O)CC(O)C(O)c1ccc(Br)c(F)c1. The van der Waals surface area contributed by atoms with E-state index < -0.39 is 24.0 Å². The zero-order chi connectivity index (χ0) is 13.0. The molecule has 0 radical (unpaired) electrons. The molecule has 0 aliphatic heterocycles. The van der Waals surface area contributed by atoms with Crippen LogP contribution in [0.5, 0.6) is 0 Å². The molecule has 17 heavy (non-hydrogen) atoms. The highest BCUT2D eigenvalue weighted by molar-refractivity contribution is 9.10. The number of carbonyl (C=O) groups is 1. The van der Waals surface area contributed by atoms with E-state index in [9.17, 15) is 19.4 Å². The Morgan fingerprint density at radius 2 is 2.18 bits per heavy atom. The van der Waals surface area contributed by atoms with Gasteiger partial charge in [0.05, 0.1) is 24.1 Å². The van der Waals surface area contributed by atoms with E-state index in [1.54, 1.807) is 0 Å². The number of aliphatic hydroxyl groups is 2. The zero-order valence-electron chi connectivity index (χ0n) is 9.06. The third-order valence-corrected chi connectivity index (χ3v) is 2.90. The molecule has 0 heterocycles. The van der Waals surface area contributed by atoms with Crippen molar-refractivity contribution in [3.63, 3.8) is 0 Å². The van der Waals surface area contributed by atoms with Crippen LogP contribution < -0.4 is 0 Å². The summed E-state index contributed by atoms with van der Waals surface area (Å²) >= 11 is 2.97. The third-order valence-electron chi connectivity index (χ3n) is 2.25. The quantitative estimate of drug-likeness (QED) is 0.828. The Bertz CT molecular complexity index is 410. The summed E-state index contributed by atoms with van der Waals surface area (Å²) in [5, 5.41) is 19.3. The smallest absolute Gasteiger partial charge is 0.308 e. The predicted octanol–water partition coefficient (Wildman–Crippen LogP) is 1.55. The van der Waals surface area contributed by atoms with Gasteiger partial charge in [-0.2, -0.15) is 0 Å². The lowest BCUT2D eigenvalue weighted by Crippen LogP contribution is -2.22. The molecule has 6 heteroatoms. The van der Waals surface area contributed by atoms with E-state index in [2.05, 4.69) is 20.7 Å². The first-order valence-corrected chi connectivity index (χ1v) is 5.63. The van der Waals surface area contributed by atoms with Crippen molar-refractivity contribution in [1.29, 1.82) is 0 Å². The molecular formula is C11H12BrFO4. The largest absolute Gasteiger partial charge is 0.469 e. The van der Waals surface area contributed by atoms with Crippen LogP contribution in [0, 0.1) is 5.82 Å². The van der Waals surface area contributed by atoms with Gasteiger partial charge in [-0.15, -0.1) is 0 Å². The minimum atomic E-state index is -1.34. The van der Waals surface area contributed by atoms with Crippen molar-refractivity contribution in [2.45, 2.75) is 18.6 Å². The van der Waals surface area contributed by atoms with Gasteiger partial charge < -0.3 is 14.9 Å². The van der Waals surface area contributed by atoms with Crippen LogP contribution in [0.1, 0.15) is 18.1 Å². The lowest BCUT2D eigenvalue weighted by Gasteiger charge is -2.17. The predicted molar refractivity (Wildman–Crippen MR) is 61.7 cm³/mol. The van der Waals surface area contributed by atoms with Crippen LogP contribution in [0.4, 0.5) is 4.39 Å². The van der Waals surface area contributed by atoms with Crippen molar-refractivity contribution >= 4 is 21.9 Å². The number of esters is 1. The topological polar surface area (TPSA) is 66.8 Å². The normalized spacial score (nSPS) is 14.2. The second kappa shape index (κ2) is 6.09. The summed E-state index contributed by atoms with van der Waals surface area (Å²) in [4.78, 5) is 10.9. The molecule has 0 fully saturated rings. The molecular weight excluding hydrogens is 295 g/mol. The van der Waals surface area contributed by atoms with Crippen LogP contribution in [0.15, 0.2) is 22.7 Å². The maximum Gasteiger partial charge on any atom is 0.308 e. The van der Waals surface area contributed by atoms with Crippen molar-refractivity contribution in [1.82, 2.24) is 0 Å². The number of methoxy groups -OCH3 is 1. The van der Waals surface area contributed by atoms with Crippen molar-refractivity contribution < 1.29 is 24.1 Å². The lowest BCUT2D eigenvalue weighted by molar-refractivity contribution is -0.144. The van der Waals surface area contributed by atoms with Gasteiger partial charge in [-0.05, 0) is 33.6 Å². The molecule has 1 aromatic carbocycles. The minimum absolute atomic E-state index is 0.196. The monoisotopic (exact) mass is 306 g/mol. The van der Waals surface area contributed by atoms with E-state index >= 15 is 0 Å². The number of halogens is 2. The molecule has 1 rings (SSSR count). The molecule has 0 saturated heterocycles. The van der Waals surface area contributed by atoms with Crippen molar-refractivity contribution in [3.8, 4) is 0 Å². The molecule has 0 spiro atoms. The molecule has 0 aliphatic carbocycles. The first-order valence-electron chi connectivity index (χ1n) is 4.83. The average Bonchev–Trinajstić information content (AvgIpc) is 2.31. The third kappa shape index (κ3) is 3.76. The summed E-state index contributed by atoms with van der Waals surface area (Å²) in [5.41, 5.74) is 0.196. The standard InChI is InChI=1S/C11H12BrFO4/c1-17-10(15)5-9(14)11(16)6-2-3-7(12)8(13)4-6/h2-4,9,11,14,16H,5H2,1H3.